The van der Waals surface area contributed by atoms with Crippen molar-refractivity contribution in [1.29, 1.82) is 0 Å². The predicted octanol–water partition coefficient (Wildman–Crippen LogP) is 1.94. The number of morpholine rings is 1. The second kappa shape index (κ2) is 8.27. The second-order valence-corrected chi connectivity index (χ2v) is 7.88. The fourth-order valence-corrected chi connectivity index (χ4v) is 3.68. The maximum atomic E-state index is 12.6. The van der Waals surface area contributed by atoms with Crippen molar-refractivity contribution in [2.45, 2.75) is 26.3 Å². The first kappa shape index (κ1) is 19.0. The highest BCUT2D eigenvalue weighted by atomic mass is 16.5. The van der Waals surface area contributed by atoms with Gasteiger partial charge in [0, 0.05) is 57.0 Å². The minimum absolute atomic E-state index is 0.0511. The Balaban J connectivity index is 1.46. The molecule has 0 bridgehead atoms. The van der Waals surface area contributed by atoms with E-state index in [1.807, 2.05) is 4.90 Å². The van der Waals surface area contributed by atoms with E-state index in [2.05, 4.69) is 60.2 Å². The molecule has 6 heteroatoms. The van der Waals surface area contributed by atoms with Crippen molar-refractivity contribution in [3.8, 4) is 0 Å². The van der Waals surface area contributed by atoms with E-state index in [0.29, 0.717) is 6.54 Å². The van der Waals surface area contributed by atoms with Crippen LogP contribution in [0, 0.1) is 6.92 Å². The lowest BCUT2D eigenvalue weighted by Gasteiger charge is -2.41. The van der Waals surface area contributed by atoms with Crippen molar-refractivity contribution in [3.05, 3.63) is 29.8 Å². The maximum absolute atomic E-state index is 12.6. The lowest BCUT2D eigenvalue weighted by Crippen LogP contribution is -2.58. The van der Waals surface area contributed by atoms with Crippen molar-refractivity contribution in [3.63, 3.8) is 0 Å². The molecule has 0 aromatic heterocycles. The normalized spacial score (nSPS) is 19.5. The van der Waals surface area contributed by atoms with E-state index in [-0.39, 0.29) is 11.6 Å². The zero-order valence-corrected chi connectivity index (χ0v) is 16.3. The Labute approximate surface area is 157 Å². The van der Waals surface area contributed by atoms with Gasteiger partial charge in [0.15, 0.2) is 0 Å². The van der Waals surface area contributed by atoms with Gasteiger partial charge in [-0.2, -0.15) is 0 Å². The molecule has 2 fully saturated rings. The molecule has 2 aliphatic heterocycles. The topological polar surface area (TPSA) is 48.0 Å². The van der Waals surface area contributed by atoms with Crippen molar-refractivity contribution in [1.82, 2.24) is 15.1 Å². The van der Waals surface area contributed by atoms with Gasteiger partial charge in [0.05, 0.1) is 13.2 Å². The van der Waals surface area contributed by atoms with Gasteiger partial charge in [-0.3, -0.25) is 4.90 Å². The van der Waals surface area contributed by atoms with Gasteiger partial charge in [0.25, 0.3) is 0 Å². The largest absolute Gasteiger partial charge is 0.379 e. The molecule has 0 radical (unpaired) electrons. The van der Waals surface area contributed by atoms with Crippen LogP contribution < -0.4 is 10.2 Å². The van der Waals surface area contributed by atoms with E-state index in [9.17, 15) is 4.79 Å². The smallest absolute Gasteiger partial charge is 0.317 e. The molecular weight excluding hydrogens is 328 g/mol. The highest BCUT2D eigenvalue weighted by Gasteiger charge is 2.29. The van der Waals surface area contributed by atoms with Gasteiger partial charge in [0.2, 0.25) is 0 Å². The summed E-state index contributed by atoms with van der Waals surface area (Å²) in [5, 5.41) is 3.14. The molecule has 6 nitrogen and oxygen atoms in total. The van der Waals surface area contributed by atoms with Crippen LogP contribution in [0.3, 0.4) is 0 Å². The van der Waals surface area contributed by atoms with Crippen LogP contribution >= 0.6 is 0 Å². The Bertz CT molecular complexity index is 606. The fraction of sp³-hybridized carbons (Fsp3) is 0.650. The zero-order chi connectivity index (χ0) is 18.6. The van der Waals surface area contributed by atoms with Crippen LogP contribution in [-0.2, 0) is 4.74 Å². The number of aryl methyl sites for hydroxylation is 1. The molecule has 1 aromatic rings. The third-order valence-electron chi connectivity index (χ3n) is 5.47. The quantitative estimate of drug-likeness (QED) is 0.891. The molecule has 0 aliphatic carbocycles. The lowest BCUT2D eigenvalue weighted by atomic mass is 10.0. The van der Waals surface area contributed by atoms with E-state index >= 15 is 0 Å². The van der Waals surface area contributed by atoms with Gasteiger partial charge < -0.3 is 19.9 Å². The summed E-state index contributed by atoms with van der Waals surface area (Å²) >= 11 is 0. The van der Waals surface area contributed by atoms with Gasteiger partial charge in [-0.15, -0.1) is 0 Å². The third-order valence-corrected chi connectivity index (χ3v) is 5.47. The molecule has 1 N–H and O–H groups in total. The fourth-order valence-electron chi connectivity index (χ4n) is 3.68. The molecule has 2 amide bonds. The molecule has 3 rings (SSSR count). The highest BCUT2D eigenvalue weighted by Crippen LogP contribution is 2.18. The Hall–Kier alpha value is -1.79. The SMILES string of the molecule is Cc1cccc(N2CCN(C(=O)NCC(C)(C)N3CCOCC3)CC2)c1. The second-order valence-electron chi connectivity index (χ2n) is 7.88. The molecule has 2 aliphatic rings. The minimum atomic E-state index is -0.0528. The molecule has 2 heterocycles. The number of hydrogen-bond donors (Lipinski definition) is 1. The van der Waals surface area contributed by atoms with Gasteiger partial charge in [-0.1, -0.05) is 12.1 Å². The number of ether oxygens (including phenoxy) is 1. The van der Waals surface area contributed by atoms with Gasteiger partial charge in [-0.25, -0.2) is 4.79 Å². The Morgan fingerprint density at radius 2 is 1.81 bits per heavy atom. The number of carbonyl (C=O) groups is 1. The van der Waals surface area contributed by atoms with Crippen LogP contribution in [0.15, 0.2) is 24.3 Å². The summed E-state index contributed by atoms with van der Waals surface area (Å²) in [6.07, 6.45) is 0. The summed E-state index contributed by atoms with van der Waals surface area (Å²) in [6, 6.07) is 8.62. The van der Waals surface area contributed by atoms with Gasteiger partial charge >= 0.3 is 6.03 Å². The summed E-state index contributed by atoms with van der Waals surface area (Å²) in [7, 11) is 0. The Morgan fingerprint density at radius 3 is 2.46 bits per heavy atom. The summed E-state index contributed by atoms with van der Waals surface area (Å²) in [5.41, 5.74) is 2.47. The number of hydrogen-bond acceptors (Lipinski definition) is 4. The van der Waals surface area contributed by atoms with Crippen molar-refractivity contribution < 1.29 is 9.53 Å². The Morgan fingerprint density at radius 1 is 1.12 bits per heavy atom. The van der Waals surface area contributed by atoms with Crippen LogP contribution in [0.4, 0.5) is 10.5 Å². The monoisotopic (exact) mass is 360 g/mol. The number of urea groups is 1. The summed E-state index contributed by atoms with van der Waals surface area (Å²) < 4.78 is 5.43. The number of benzene rings is 1. The van der Waals surface area contributed by atoms with Crippen molar-refractivity contribution in [2.24, 2.45) is 0 Å². The number of rotatable bonds is 4. The van der Waals surface area contributed by atoms with Crippen LogP contribution in [0.25, 0.3) is 0 Å². The molecule has 1 aromatic carbocycles. The summed E-state index contributed by atoms with van der Waals surface area (Å²) in [5.74, 6) is 0. The van der Waals surface area contributed by atoms with E-state index in [1.54, 1.807) is 0 Å². The van der Waals surface area contributed by atoms with Crippen LogP contribution in [0.5, 0.6) is 0 Å². The molecule has 0 unspecified atom stereocenters. The number of piperazine rings is 1. The van der Waals surface area contributed by atoms with Crippen molar-refractivity contribution >= 4 is 11.7 Å². The van der Waals surface area contributed by atoms with E-state index < -0.39 is 0 Å². The van der Waals surface area contributed by atoms with Crippen LogP contribution in [0.2, 0.25) is 0 Å². The van der Waals surface area contributed by atoms with E-state index in [1.165, 1.54) is 11.3 Å². The molecule has 26 heavy (non-hydrogen) atoms. The molecule has 144 valence electrons. The molecule has 0 saturated carbocycles. The number of nitrogens with zero attached hydrogens (tertiary/aromatic N) is 3. The first-order valence-electron chi connectivity index (χ1n) is 9.63. The maximum Gasteiger partial charge on any atom is 0.317 e. The van der Waals surface area contributed by atoms with E-state index in [4.69, 9.17) is 4.74 Å². The zero-order valence-electron chi connectivity index (χ0n) is 16.3. The minimum Gasteiger partial charge on any atom is -0.379 e. The van der Waals surface area contributed by atoms with Crippen molar-refractivity contribution in [2.75, 3.05) is 63.9 Å². The number of anilines is 1. The predicted molar refractivity (Wildman–Crippen MR) is 105 cm³/mol. The summed E-state index contributed by atoms with van der Waals surface area (Å²) in [6.45, 7) is 13.8. The standard InChI is InChI=1S/C20H32N4O2/c1-17-5-4-6-18(15-17)22-7-9-23(10-8-22)19(25)21-16-20(2,3)24-11-13-26-14-12-24/h4-6,15H,7-14,16H2,1-3H3,(H,21,25). The molecule has 0 spiro atoms. The first-order chi connectivity index (χ1) is 12.5. The molecular formula is C20H32N4O2. The van der Waals surface area contributed by atoms with Gasteiger partial charge in [0.1, 0.15) is 0 Å². The van der Waals surface area contributed by atoms with E-state index in [0.717, 1.165) is 52.5 Å². The third kappa shape index (κ3) is 4.68. The van der Waals surface area contributed by atoms with Crippen LogP contribution in [0.1, 0.15) is 19.4 Å². The van der Waals surface area contributed by atoms with Gasteiger partial charge in [-0.05, 0) is 38.5 Å². The highest BCUT2D eigenvalue weighted by molar-refractivity contribution is 5.74. The first-order valence-corrected chi connectivity index (χ1v) is 9.63. The molecule has 0 atom stereocenters. The number of carbonyl (C=O) groups excluding carboxylic acids is 1. The number of nitrogens with one attached hydrogen (secondary N) is 1. The Kier molecular flexibility index (Phi) is 6.04. The summed E-state index contributed by atoms with van der Waals surface area (Å²) in [4.78, 5) is 19.3. The average Bonchev–Trinajstić information content (AvgIpc) is 2.67. The lowest BCUT2D eigenvalue weighted by molar-refractivity contribution is -0.00905. The number of amides is 2. The molecule has 2 saturated heterocycles. The van der Waals surface area contributed by atoms with Crippen LogP contribution in [-0.4, -0.2) is 80.4 Å². The average molecular weight is 361 g/mol.